The van der Waals surface area contributed by atoms with Gasteiger partial charge in [0.2, 0.25) is 10.0 Å². The fourth-order valence-electron chi connectivity index (χ4n) is 3.01. The summed E-state index contributed by atoms with van der Waals surface area (Å²) < 4.78 is 34.7. The number of carbonyl (C=O) groups is 1. The molecule has 1 aliphatic rings. The number of nitrogens with one attached hydrogen (secondary N) is 1. The summed E-state index contributed by atoms with van der Waals surface area (Å²) in [5.41, 5.74) is 1.91. The first-order valence-corrected chi connectivity index (χ1v) is 11.4. The van der Waals surface area contributed by atoms with Crippen LogP contribution in [0.3, 0.4) is 0 Å². The molecule has 9 heteroatoms. The molecule has 0 radical (unpaired) electrons. The van der Waals surface area contributed by atoms with Crippen molar-refractivity contribution < 1.29 is 17.9 Å². The predicted molar refractivity (Wildman–Crippen MR) is 111 cm³/mol. The van der Waals surface area contributed by atoms with Crippen molar-refractivity contribution in [1.82, 2.24) is 4.72 Å². The van der Waals surface area contributed by atoms with Gasteiger partial charge in [-0.1, -0.05) is 11.6 Å². The molecule has 0 fully saturated rings. The lowest BCUT2D eigenvalue weighted by molar-refractivity contribution is -0.120. The molecular weight excluding hydrogens is 557 g/mol. The number of benzene rings is 2. The zero-order valence-corrected chi connectivity index (χ0v) is 18.7. The molecule has 5 nitrogen and oxygen atoms in total. The summed E-state index contributed by atoms with van der Waals surface area (Å²) in [6.45, 7) is 0.416. The van der Waals surface area contributed by atoms with Crippen molar-refractivity contribution in [2.24, 2.45) is 0 Å². The summed E-state index contributed by atoms with van der Waals surface area (Å²) in [7, 11) is -3.63. The predicted octanol–water partition coefficient (Wildman–Crippen LogP) is 4.08. The van der Waals surface area contributed by atoms with Crippen LogP contribution in [0.4, 0.5) is 0 Å². The molecule has 0 amide bonds. The highest BCUT2D eigenvalue weighted by molar-refractivity contribution is 14.1. The Labute approximate surface area is 178 Å². The normalized spacial score (nSPS) is 16.8. The molecule has 0 saturated heterocycles. The van der Waals surface area contributed by atoms with E-state index in [1.807, 2.05) is 6.07 Å². The average Bonchev–Trinajstić information content (AvgIpc) is 2.59. The minimum Gasteiger partial charge on any atom is -0.427 e. The van der Waals surface area contributed by atoms with Crippen molar-refractivity contribution in [2.45, 2.75) is 30.2 Å². The van der Waals surface area contributed by atoms with Crippen LogP contribution in [0.1, 0.15) is 17.5 Å². The first-order valence-electron chi connectivity index (χ1n) is 7.70. The second-order valence-electron chi connectivity index (χ2n) is 5.87. The molecular formula is C17H14BrClINO4S. The third-order valence-electron chi connectivity index (χ3n) is 4.19. The number of carbonyl (C=O) groups excluding carboxylic acids is 1. The lowest BCUT2D eigenvalue weighted by atomic mass is 9.88. The highest BCUT2D eigenvalue weighted by Crippen LogP contribution is 2.38. The topological polar surface area (TPSA) is 72.5 Å². The van der Waals surface area contributed by atoms with E-state index in [0.29, 0.717) is 36.5 Å². The molecule has 0 saturated carbocycles. The summed E-state index contributed by atoms with van der Waals surface area (Å²) in [5, 5.41) is 0.484. The Kier molecular flexibility index (Phi) is 6.28. The van der Waals surface area contributed by atoms with Crippen LogP contribution in [0.25, 0.3) is 0 Å². The van der Waals surface area contributed by atoms with Crippen molar-refractivity contribution in [3.8, 4) is 5.75 Å². The first-order chi connectivity index (χ1) is 12.3. The van der Waals surface area contributed by atoms with Crippen LogP contribution < -0.4 is 9.46 Å². The van der Waals surface area contributed by atoms with Crippen molar-refractivity contribution in [1.29, 1.82) is 0 Å². The Morgan fingerprint density at radius 3 is 2.65 bits per heavy atom. The van der Waals surface area contributed by atoms with Gasteiger partial charge in [0.25, 0.3) is 6.47 Å². The lowest BCUT2D eigenvalue weighted by Crippen LogP contribution is -2.39. The van der Waals surface area contributed by atoms with Gasteiger partial charge in [0.15, 0.2) is 0 Å². The quantitative estimate of drug-likeness (QED) is 0.435. The zero-order valence-electron chi connectivity index (χ0n) is 13.3. The molecule has 26 heavy (non-hydrogen) atoms. The van der Waals surface area contributed by atoms with Crippen LogP contribution in [-0.4, -0.2) is 20.9 Å². The Bertz CT molecular complexity index is 950. The third kappa shape index (κ3) is 4.24. The molecule has 2 aromatic rings. The molecule has 1 atom stereocenters. The number of fused-ring (bicyclic) bond motifs is 1. The van der Waals surface area contributed by atoms with E-state index in [4.69, 9.17) is 16.3 Å². The second kappa shape index (κ2) is 8.14. The Morgan fingerprint density at radius 1 is 1.31 bits per heavy atom. The fraction of sp³-hybridized carbons (Fsp3) is 0.235. The maximum Gasteiger partial charge on any atom is 0.298 e. The molecule has 2 aromatic carbocycles. The molecule has 0 bridgehead atoms. The highest BCUT2D eigenvalue weighted by atomic mass is 127. The number of ether oxygens (including phenoxy) is 1. The highest BCUT2D eigenvalue weighted by Gasteiger charge is 2.28. The van der Waals surface area contributed by atoms with E-state index >= 15 is 0 Å². The molecule has 1 aliphatic carbocycles. The van der Waals surface area contributed by atoms with Crippen LogP contribution in [-0.2, 0) is 27.7 Å². The smallest absolute Gasteiger partial charge is 0.298 e. The van der Waals surface area contributed by atoms with E-state index < -0.39 is 10.0 Å². The van der Waals surface area contributed by atoms with Gasteiger partial charge in [-0.25, -0.2) is 13.1 Å². The summed E-state index contributed by atoms with van der Waals surface area (Å²) in [6, 6.07) is 7.78. The molecule has 3 rings (SSSR count). The van der Waals surface area contributed by atoms with Gasteiger partial charge < -0.3 is 4.74 Å². The van der Waals surface area contributed by atoms with Gasteiger partial charge >= 0.3 is 0 Å². The van der Waals surface area contributed by atoms with Gasteiger partial charge in [-0.05, 0) is 99.2 Å². The van der Waals surface area contributed by atoms with Crippen LogP contribution >= 0.6 is 50.1 Å². The van der Waals surface area contributed by atoms with E-state index in [2.05, 4.69) is 43.2 Å². The van der Waals surface area contributed by atoms with E-state index in [9.17, 15) is 13.2 Å². The van der Waals surface area contributed by atoms with E-state index in [1.54, 1.807) is 12.1 Å². The SMILES string of the molecule is O=COc1c(I)c(Br)cc2c1CCC(NS(=O)(=O)c1ccc(Cl)cc1)C2. The maximum atomic E-state index is 12.6. The molecule has 1 unspecified atom stereocenters. The Hall–Kier alpha value is -0.680. The Balaban J connectivity index is 1.84. The third-order valence-corrected chi connectivity index (χ3v) is 8.42. The molecule has 0 spiro atoms. The van der Waals surface area contributed by atoms with Gasteiger partial charge in [-0.3, -0.25) is 4.79 Å². The number of rotatable bonds is 5. The number of halogens is 3. The number of sulfonamides is 1. The number of hydrogen-bond acceptors (Lipinski definition) is 4. The standard InChI is InChI=1S/C17H14BrClINO4S/c18-15-8-10-7-12(3-6-14(10)17(16(15)20)25-9-22)21-26(23,24)13-4-1-11(19)2-5-13/h1-2,4-5,8-9,12,21H,3,6-7H2. The Morgan fingerprint density at radius 2 is 2.00 bits per heavy atom. The van der Waals surface area contributed by atoms with Crippen molar-refractivity contribution in [3.05, 3.63) is 54.5 Å². The number of hydrogen-bond donors (Lipinski definition) is 1. The summed E-state index contributed by atoms with van der Waals surface area (Å²) in [5.74, 6) is 0.545. The maximum absolute atomic E-state index is 12.6. The van der Waals surface area contributed by atoms with Crippen LogP contribution in [0, 0.1) is 3.57 Å². The van der Waals surface area contributed by atoms with Gasteiger partial charge in [0, 0.05) is 15.5 Å². The van der Waals surface area contributed by atoms with Gasteiger partial charge in [-0.2, -0.15) is 0 Å². The van der Waals surface area contributed by atoms with Gasteiger partial charge in [0.1, 0.15) is 5.75 Å². The van der Waals surface area contributed by atoms with Crippen LogP contribution in [0.15, 0.2) is 39.7 Å². The molecule has 0 aliphatic heterocycles. The van der Waals surface area contributed by atoms with E-state index in [0.717, 1.165) is 19.2 Å². The second-order valence-corrected chi connectivity index (χ2v) is 9.95. The van der Waals surface area contributed by atoms with Gasteiger partial charge in [-0.15, -0.1) is 0 Å². The van der Waals surface area contributed by atoms with Crippen LogP contribution in [0.2, 0.25) is 5.02 Å². The van der Waals surface area contributed by atoms with Gasteiger partial charge in [0.05, 0.1) is 8.47 Å². The van der Waals surface area contributed by atoms with Crippen LogP contribution in [0.5, 0.6) is 5.75 Å². The average molecular weight is 571 g/mol. The van der Waals surface area contributed by atoms with E-state index in [1.165, 1.54) is 12.1 Å². The summed E-state index contributed by atoms with van der Waals surface area (Å²) in [4.78, 5) is 11.0. The molecule has 1 N–H and O–H groups in total. The van der Waals surface area contributed by atoms with Crippen molar-refractivity contribution >= 4 is 66.6 Å². The fourth-order valence-corrected chi connectivity index (χ4v) is 5.47. The minimum absolute atomic E-state index is 0.182. The molecule has 138 valence electrons. The molecule has 0 aromatic heterocycles. The monoisotopic (exact) mass is 569 g/mol. The first kappa shape index (κ1) is 20.1. The van der Waals surface area contributed by atoms with Crippen molar-refractivity contribution in [3.63, 3.8) is 0 Å². The zero-order chi connectivity index (χ0) is 18.9. The van der Waals surface area contributed by atoms with E-state index in [-0.39, 0.29) is 10.9 Å². The summed E-state index contributed by atoms with van der Waals surface area (Å²) >= 11 is 11.4. The lowest BCUT2D eigenvalue weighted by Gasteiger charge is -2.27. The summed E-state index contributed by atoms with van der Waals surface area (Å²) in [6.07, 6.45) is 1.76. The minimum atomic E-state index is -3.63. The van der Waals surface area contributed by atoms with Crippen molar-refractivity contribution in [2.75, 3.05) is 0 Å². The largest absolute Gasteiger partial charge is 0.427 e. The molecule has 0 heterocycles.